The molecule has 1 unspecified atom stereocenters. The fourth-order valence-electron chi connectivity index (χ4n) is 1.31. The first-order chi connectivity index (χ1) is 7.99. The van der Waals surface area contributed by atoms with Crippen molar-refractivity contribution in [2.45, 2.75) is 26.3 Å². The molecule has 0 fully saturated rings. The number of rotatable bonds is 9. The second-order valence-electron chi connectivity index (χ2n) is 4.68. The van der Waals surface area contributed by atoms with E-state index in [2.05, 4.69) is 19.2 Å². The fourth-order valence-corrected chi connectivity index (χ4v) is 1.31. The molecule has 0 saturated heterocycles. The average molecular weight is 245 g/mol. The third-order valence-corrected chi connectivity index (χ3v) is 2.84. The van der Waals surface area contributed by atoms with E-state index in [1.54, 1.807) is 12.0 Å². The van der Waals surface area contributed by atoms with Gasteiger partial charge in [-0.2, -0.15) is 0 Å². The van der Waals surface area contributed by atoms with E-state index in [-0.39, 0.29) is 11.9 Å². The number of methoxy groups -OCH3 is 1. The highest BCUT2D eigenvalue weighted by atomic mass is 16.5. The SMILES string of the molecule is COCCNCC(=O)N(C)CCC(N)C(C)C. The molecule has 0 heterocycles. The van der Waals surface area contributed by atoms with E-state index in [1.165, 1.54) is 0 Å². The topological polar surface area (TPSA) is 67.6 Å². The molecule has 0 radical (unpaired) electrons. The van der Waals surface area contributed by atoms with Crippen molar-refractivity contribution in [3.8, 4) is 0 Å². The van der Waals surface area contributed by atoms with Gasteiger partial charge < -0.3 is 20.7 Å². The predicted molar refractivity (Wildman–Crippen MR) is 69.8 cm³/mol. The van der Waals surface area contributed by atoms with Crippen LogP contribution in [0.4, 0.5) is 0 Å². The number of amides is 1. The van der Waals surface area contributed by atoms with Crippen LogP contribution in [0.5, 0.6) is 0 Å². The molecule has 1 atom stereocenters. The molecule has 0 aliphatic rings. The monoisotopic (exact) mass is 245 g/mol. The molecule has 0 rings (SSSR count). The summed E-state index contributed by atoms with van der Waals surface area (Å²) >= 11 is 0. The van der Waals surface area contributed by atoms with Crippen LogP contribution in [0, 0.1) is 5.92 Å². The number of carbonyl (C=O) groups excluding carboxylic acids is 1. The zero-order valence-corrected chi connectivity index (χ0v) is 11.5. The highest BCUT2D eigenvalue weighted by molar-refractivity contribution is 5.77. The summed E-state index contributed by atoms with van der Waals surface area (Å²) in [6.07, 6.45) is 0.845. The Balaban J connectivity index is 3.67. The van der Waals surface area contributed by atoms with E-state index < -0.39 is 0 Å². The van der Waals surface area contributed by atoms with E-state index in [4.69, 9.17) is 10.5 Å². The van der Waals surface area contributed by atoms with Gasteiger partial charge in [0.25, 0.3) is 0 Å². The van der Waals surface area contributed by atoms with Gasteiger partial charge in [0.2, 0.25) is 5.91 Å². The number of carbonyl (C=O) groups is 1. The minimum Gasteiger partial charge on any atom is -0.383 e. The number of hydrogen-bond acceptors (Lipinski definition) is 4. The Kier molecular flexibility index (Phi) is 9.03. The van der Waals surface area contributed by atoms with Gasteiger partial charge in [0, 0.05) is 33.3 Å². The lowest BCUT2D eigenvalue weighted by atomic mass is 10.0. The van der Waals surface area contributed by atoms with Gasteiger partial charge in [-0.25, -0.2) is 0 Å². The molecule has 0 aromatic heterocycles. The molecule has 1 amide bonds. The Morgan fingerprint density at radius 2 is 2.12 bits per heavy atom. The predicted octanol–water partition coefficient (Wildman–Crippen LogP) is 0.0542. The molecule has 0 aromatic carbocycles. The molecule has 0 saturated carbocycles. The fraction of sp³-hybridized carbons (Fsp3) is 0.917. The Labute approximate surface area is 105 Å². The Bertz CT molecular complexity index is 210. The molecular formula is C12H27N3O2. The smallest absolute Gasteiger partial charge is 0.236 e. The van der Waals surface area contributed by atoms with E-state index >= 15 is 0 Å². The molecule has 17 heavy (non-hydrogen) atoms. The second kappa shape index (κ2) is 9.39. The highest BCUT2D eigenvalue weighted by Gasteiger charge is 2.12. The summed E-state index contributed by atoms with van der Waals surface area (Å²) in [4.78, 5) is 13.4. The molecule has 5 heteroatoms. The van der Waals surface area contributed by atoms with Crippen LogP contribution in [-0.2, 0) is 9.53 Å². The second-order valence-corrected chi connectivity index (χ2v) is 4.68. The molecule has 0 spiro atoms. The average Bonchev–Trinajstić information content (AvgIpc) is 2.30. The van der Waals surface area contributed by atoms with Gasteiger partial charge in [0.1, 0.15) is 0 Å². The quantitative estimate of drug-likeness (QED) is 0.563. The largest absolute Gasteiger partial charge is 0.383 e. The third kappa shape index (κ3) is 8.12. The van der Waals surface area contributed by atoms with E-state index in [1.807, 2.05) is 7.05 Å². The minimum atomic E-state index is 0.0945. The van der Waals surface area contributed by atoms with Crippen LogP contribution in [0.2, 0.25) is 0 Å². The molecular weight excluding hydrogens is 218 g/mol. The van der Waals surface area contributed by atoms with Gasteiger partial charge in [-0.1, -0.05) is 13.8 Å². The third-order valence-electron chi connectivity index (χ3n) is 2.84. The Morgan fingerprint density at radius 1 is 1.47 bits per heavy atom. The molecule has 5 nitrogen and oxygen atoms in total. The van der Waals surface area contributed by atoms with Crippen molar-refractivity contribution in [2.24, 2.45) is 11.7 Å². The molecule has 102 valence electrons. The van der Waals surface area contributed by atoms with Crippen molar-refractivity contribution in [1.29, 1.82) is 0 Å². The van der Waals surface area contributed by atoms with Gasteiger partial charge in [0.15, 0.2) is 0 Å². The standard InChI is InChI=1S/C12H27N3O2/c1-10(2)11(13)5-7-15(3)12(16)9-14-6-8-17-4/h10-11,14H,5-9,13H2,1-4H3. The van der Waals surface area contributed by atoms with E-state index in [9.17, 15) is 4.79 Å². The minimum absolute atomic E-state index is 0.0945. The summed E-state index contributed by atoms with van der Waals surface area (Å²) in [6.45, 7) is 6.58. The van der Waals surface area contributed by atoms with Crippen LogP contribution in [0.3, 0.4) is 0 Å². The first-order valence-electron chi connectivity index (χ1n) is 6.18. The van der Waals surface area contributed by atoms with Crippen LogP contribution in [0.1, 0.15) is 20.3 Å². The normalized spacial score (nSPS) is 12.8. The van der Waals surface area contributed by atoms with Crippen LogP contribution in [0.15, 0.2) is 0 Å². The molecule has 0 aromatic rings. The number of nitrogens with two attached hydrogens (primary N) is 1. The summed E-state index contributed by atoms with van der Waals surface area (Å²) in [5, 5.41) is 3.03. The number of nitrogens with zero attached hydrogens (tertiary/aromatic N) is 1. The van der Waals surface area contributed by atoms with Gasteiger partial charge in [-0.3, -0.25) is 4.79 Å². The van der Waals surface area contributed by atoms with Crippen molar-refractivity contribution >= 4 is 5.91 Å². The van der Waals surface area contributed by atoms with Crippen molar-refractivity contribution < 1.29 is 9.53 Å². The summed E-state index contributed by atoms with van der Waals surface area (Å²) in [5.74, 6) is 0.551. The number of ether oxygens (including phenoxy) is 1. The number of nitrogens with one attached hydrogen (secondary N) is 1. The Morgan fingerprint density at radius 3 is 2.65 bits per heavy atom. The summed E-state index contributed by atoms with van der Waals surface area (Å²) in [5.41, 5.74) is 5.93. The zero-order chi connectivity index (χ0) is 13.3. The summed E-state index contributed by atoms with van der Waals surface area (Å²) < 4.78 is 4.89. The van der Waals surface area contributed by atoms with Crippen LogP contribution in [-0.4, -0.2) is 57.2 Å². The van der Waals surface area contributed by atoms with Crippen molar-refractivity contribution in [3.63, 3.8) is 0 Å². The molecule has 0 bridgehead atoms. The van der Waals surface area contributed by atoms with Crippen molar-refractivity contribution in [1.82, 2.24) is 10.2 Å². The highest BCUT2D eigenvalue weighted by Crippen LogP contribution is 2.03. The summed E-state index contributed by atoms with van der Waals surface area (Å²) in [7, 11) is 3.45. The van der Waals surface area contributed by atoms with Gasteiger partial charge in [0.05, 0.1) is 13.2 Å². The van der Waals surface area contributed by atoms with E-state index in [0.29, 0.717) is 32.2 Å². The Hall–Kier alpha value is -0.650. The first kappa shape index (κ1) is 16.4. The number of hydrogen-bond donors (Lipinski definition) is 2. The molecule has 3 N–H and O–H groups in total. The summed E-state index contributed by atoms with van der Waals surface area (Å²) in [6, 6.07) is 0.159. The van der Waals surface area contributed by atoms with Gasteiger partial charge >= 0.3 is 0 Å². The first-order valence-corrected chi connectivity index (χ1v) is 6.18. The lowest BCUT2D eigenvalue weighted by Gasteiger charge is -2.21. The molecule has 0 aliphatic heterocycles. The van der Waals surface area contributed by atoms with Crippen LogP contribution < -0.4 is 11.1 Å². The van der Waals surface area contributed by atoms with Crippen molar-refractivity contribution in [3.05, 3.63) is 0 Å². The van der Waals surface area contributed by atoms with Crippen molar-refractivity contribution in [2.75, 3.05) is 40.4 Å². The zero-order valence-electron chi connectivity index (χ0n) is 11.5. The van der Waals surface area contributed by atoms with Crippen LogP contribution >= 0.6 is 0 Å². The maximum Gasteiger partial charge on any atom is 0.236 e. The lowest BCUT2D eigenvalue weighted by Crippen LogP contribution is -2.39. The molecule has 0 aliphatic carbocycles. The van der Waals surface area contributed by atoms with Gasteiger partial charge in [-0.05, 0) is 12.3 Å². The maximum absolute atomic E-state index is 11.7. The number of likely N-dealkylation sites (N-methyl/N-ethyl adjacent to an activating group) is 1. The maximum atomic E-state index is 11.7. The van der Waals surface area contributed by atoms with Crippen LogP contribution in [0.25, 0.3) is 0 Å². The van der Waals surface area contributed by atoms with Gasteiger partial charge in [-0.15, -0.1) is 0 Å². The van der Waals surface area contributed by atoms with E-state index in [0.717, 1.165) is 6.42 Å². The lowest BCUT2D eigenvalue weighted by molar-refractivity contribution is -0.129.